The first-order valence-corrected chi connectivity index (χ1v) is 10.5. The maximum Gasteiger partial charge on any atom is 0.344 e. The van der Waals surface area contributed by atoms with Crippen molar-refractivity contribution < 1.29 is 17.9 Å². The molecular formula is C23H31F3O. The van der Waals surface area contributed by atoms with Crippen LogP contribution in [0.3, 0.4) is 0 Å². The molecule has 1 aromatic rings. The number of rotatable bonds is 6. The lowest BCUT2D eigenvalue weighted by molar-refractivity contribution is 0.120. The van der Waals surface area contributed by atoms with Crippen molar-refractivity contribution in [3.8, 4) is 5.75 Å². The van der Waals surface area contributed by atoms with Crippen molar-refractivity contribution in [2.45, 2.75) is 83.0 Å². The fraction of sp³-hybridized carbons (Fsp3) is 0.652. The Labute approximate surface area is 161 Å². The van der Waals surface area contributed by atoms with Crippen LogP contribution in [0.15, 0.2) is 36.4 Å². The van der Waals surface area contributed by atoms with Gasteiger partial charge in [-0.15, -0.1) is 0 Å². The minimum atomic E-state index is -2.42. The van der Waals surface area contributed by atoms with Crippen molar-refractivity contribution in [2.75, 3.05) is 0 Å². The van der Waals surface area contributed by atoms with Gasteiger partial charge in [-0.05, 0) is 73.5 Å². The van der Waals surface area contributed by atoms with Crippen LogP contribution in [0.1, 0.15) is 83.1 Å². The van der Waals surface area contributed by atoms with Crippen LogP contribution in [0, 0.1) is 11.8 Å². The molecule has 1 nitrogen and oxygen atoms in total. The van der Waals surface area contributed by atoms with E-state index >= 15 is 0 Å². The van der Waals surface area contributed by atoms with Gasteiger partial charge in [0.1, 0.15) is 5.75 Å². The molecule has 0 amide bonds. The van der Waals surface area contributed by atoms with Gasteiger partial charge in [0.2, 0.25) is 0 Å². The van der Waals surface area contributed by atoms with Gasteiger partial charge in [-0.25, -0.2) is 0 Å². The molecule has 0 atom stereocenters. The predicted molar refractivity (Wildman–Crippen MR) is 103 cm³/mol. The zero-order valence-corrected chi connectivity index (χ0v) is 16.3. The molecule has 0 radical (unpaired) electrons. The van der Waals surface area contributed by atoms with Gasteiger partial charge in [0.05, 0.1) is 0 Å². The van der Waals surface area contributed by atoms with E-state index in [0.717, 1.165) is 5.92 Å². The molecule has 0 saturated heterocycles. The molecule has 0 aromatic heterocycles. The lowest BCUT2D eigenvalue weighted by atomic mass is 9.57. The summed E-state index contributed by atoms with van der Waals surface area (Å²) in [5.74, 6) is 1.66. The minimum absolute atomic E-state index is 0.127. The highest BCUT2D eigenvalue weighted by atomic mass is 19.3. The molecule has 1 aromatic carbocycles. The van der Waals surface area contributed by atoms with E-state index in [0.29, 0.717) is 5.92 Å². The lowest BCUT2D eigenvalue weighted by Crippen LogP contribution is -2.40. The van der Waals surface area contributed by atoms with Crippen molar-refractivity contribution in [2.24, 2.45) is 11.8 Å². The van der Waals surface area contributed by atoms with Gasteiger partial charge < -0.3 is 4.74 Å². The fourth-order valence-electron chi connectivity index (χ4n) is 5.47. The van der Waals surface area contributed by atoms with Crippen molar-refractivity contribution in [3.63, 3.8) is 0 Å². The third-order valence-corrected chi connectivity index (χ3v) is 6.87. The van der Waals surface area contributed by atoms with Crippen LogP contribution < -0.4 is 4.74 Å². The average molecular weight is 380 g/mol. The first-order valence-electron chi connectivity index (χ1n) is 10.5. The van der Waals surface area contributed by atoms with Gasteiger partial charge in [-0.3, -0.25) is 0 Å². The molecule has 2 aliphatic rings. The number of hydrogen-bond acceptors (Lipinski definition) is 1. The van der Waals surface area contributed by atoms with Crippen molar-refractivity contribution in [3.05, 3.63) is 41.9 Å². The Morgan fingerprint density at radius 3 is 2.15 bits per heavy atom. The number of ether oxygens (including phenoxy) is 1. The highest BCUT2D eigenvalue weighted by molar-refractivity contribution is 5.34. The smallest absolute Gasteiger partial charge is 0.344 e. The van der Waals surface area contributed by atoms with Crippen LogP contribution in [0.5, 0.6) is 5.75 Å². The summed E-state index contributed by atoms with van der Waals surface area (Å²) < 4.78 is 42.2. The van der Waals surface area contributed by atoms with Crippen LogP contribution in [0.4, 0.5) is 13.2 Å². The Hall–Kier alpha value is -1.45. The standard InChI is InChI=1S/C23H31F3O/c1-2-6-17-13-15-23(16-14-17,18-7-4-3-5-8-18)19-9-11-20(12-10-19)27-22(26)21(24)25/h9-12,17-18H,2-8,13-16H2,1H3/t17-,23-. The van der Waals surface area contributed by atoms with Crippen molar-refractivity contribution >= 4 is 0 Å². The Bertz CT molecular complexity index is 620. The highest BCUT2D eigenvalue weighted by Gasteiger charge is 2.43. The zero-order valence-electron chi connectivity index (χ0n) is 16.3. The second kappa shape index (κ2) is 9.16. The van der Waals surface area contributed by atoms with Crippen LogP contribution in [0.25, 0.3) is 0 Å². The van der Waals surface area contributed by atoms with Crippen LogP contribution in [-0.2, 0) is 5.41 Å². The summed E-state index contributed by atoms with van der Waals surface area (Å²) in [4.78, 5) is 0. The van der Waals surface area contributed by atoms with Gasteiger partial charge in [0.25, 0.3) is 0 Å². The maximum atomic E-state index is 13.1. The van der Waals surface area contributed by atoms with Gasteiger partial charge in [0.15, 0.2) is 0 Å². The Morgan fingerprint density at radius 2 is 1.59 bits per heavy atom. The molecule has 0 aliphatic heterocycles. The average Bonchev–Trinajstić information content (AvgIpc) is 2.70. The lowest BCUT2D eigenvalue weighted by Gasteiger charge is -2.48. The Morgan fingerprint density at radius 1 is 0.963 bits per heavy atom. The molecule has 0 heterocycles. The van der Waals surface area contributed by atoms with Crippen LogP contribution in [0.2, 0.25) is 0 Å². The predicted octanol–water partition coefficient (Wildman–Crippen LogP) is 7.91. The zero-order chi connectivity index (χ0) is 19.3. The number of hydrogen-bond donors (Lipinski definition) is 0. The fourth-order valence-corrected chi connectivity index (χ4v) is 5.47. The molecule has 2 fully saturated rings. The van der Waals surface area contributed by atoms with Gasteiger partial charge in [-0.1, -0.05) is 51.2 Å². The maximum absolute atomic E-state index is 13.1. The third kappa shape index (κ3) is 4.70. The summed E-state index contributed by atoms with van der Waals surface area (Å²) in [6.45, 7) is 2.26. The summed E-state index contributed by atoms with van der Waals surface area (Å²) in [5.41, 5.74) is 1.46. The molecule has 150 valence electrons. The molecule has 0 unspecified atom stereocenters. The second-order valence-corrected chi connectivity index (χ2v) is 8.38. The Balaban J connectivity index is 1.81. The van der Waals surface area contributed by atoms with E-state index in [9.17, 15) is 13.2 Å². The first-order chi connectivity index (χ1) is 13.0. The summed E-state index contributed by atoms with van der Waals surface area (Å²) in [6, 6.07) is 5.42. The molecule has 27 heavy (non-hydrogen) atoms. The minimum Gasteiger partial charge on any atom is -0.428 e. The van der Waals surface area contributed by atoms with E-state index in [4.69, 9.17) is 0 Å². The first kappa shape index (κ1) is 20.3. The monoisotopic (exact) mass is 380 g/mol. The van der Waals surface area contributed by atoms with E-state index in [1.807, 2.05) is 12.1 Å². The summed E-state index contributed by atoms with van der Waals surface area (Å²) >= 11 is 0. The normalized spacial score (nSPS) is 26.6. The second-order valence-electron chi connectivity index (χ2n) is 8.38. The molecule has 0 bridgehead atoms. The largest absolute Gasteiger partial charge is 0.428 e. The molecule has 2 aliphatic carbocycles. The quantitative estimate of drug-likeness (QED) is 0.456. The molecular weight excluding hydrogens is 349 g/mol. The number of benzene rings is 1. The summed E-state index contributed by atoms with van der Waals surface area (Å²) in [6.07, 6.45) is 11.6. The third-order valence-electron chi connectivity index (χ3n) is 6.87. The van der Waals surface area contributed by atoms with E-state index in [1.54, 1.807) is 12.1 Å². The topological polar surface area (TPSA) is 9.23 Å². The van der Waals surface area contributed by atoms with Crippen molar-refractivity contribution in [1.29, 1.82) is 0 Å². The van der Waals surface area contributed by atoms with Crippen LogP contribution in [-0.4, -0.2) is 0 Å². The SMILES string of the molecule is CCC[C@H]1CC[C@@](c2ccc(OC(F)=C(F)F)cc2)(C2CCCCC2)CC1. The highest BCUT2D eigenvalue weighted by Crippen LogP contribution is 2.52. The van der Waals surface area contributed by atoms with E-state index in [-0.39, 0.29) is 11.2 Å². The Kier molecular flexibility index (Phi) is 6.88. The molecule has 0 spiro atoms. The summed E-state index contributed by atoms with van der Waals surface area (Å²) in [5, 5.41) is 0. The summed E-state index contributed by atoms with van der Waals surface area (Å²) in [7, 11) is 0. The van der Waals surface area contributed by atoms with Gasteiger partial charge in [-0.2, -0.15) is 13.2 Å². The molecule has 4 heteroatoms. The van der Waals surface area contributed by atoms with Crippen LogP contribution >= 0.6 is 0 Å². The molecule has 0 N–H and O–H groups in total. The van der Waals surface area contributed by atoms with E-state index < -0.39 is 12.1 Å². The van der Waals surface area contributed by atoms with Crippen molar-refractivity contribution in [1.82, 2.24) is 0 Å². The van der Waals surface area contributed by atoms with Gasteiger partial charge >= 0.3 is 12.1 Å². The van der Waals surface area contributed by atoms with E-state index in [1.165, 1.54) is 76.2 Å². The molecule has 3 rings (SSSR count). The number of halogens is 3. The van der Waals surface area contributed by atoms with E-state index in [2.05, 4.69) is 11.7 Å². The molecule has 2 saturated carbocycles. The van der Waals surface area contributed by atoms with Gasteiger partial charge in [0, 0.05) is 0 Å².